The number of amides is 1. The Kier molecular flexibility index (Phi) is 7.28. The lowest BCUT2D eigenvalue weighted by Crippen LogP contribution is -2.45. The van der Waals surface area contributed by atoms with Crippen LogP contribution in [-0.2, 0) is 29.2 Å². The molecular formula is C26H25N5O6S. The lowest BCUT2D eigenvalue weighted by atomic mass is 9.89. The van der Waals surface area contributed by atoms with Crippen LogP contribution in [0.2, 0.25) is 0 Å². The number of nitrogen functional groups attached to an aromatic ring is 1. The van der Waals surface area contributed by atoms with Crippen molar-refractivity contribution in [2.45, 2.75) is 23.3 Å². The molecule has 0 aliphatic carbocycles. The summed E-state index contributed by atoms with van der Waals surface area (Å²) in [5.41, 5.74) is 7.17. The van der Waals surface area contributed by atoms with Crippen molar-refractivity contribution in [3.8, 4) is 11.1 Å². The van der Waals surface area contributed by atoms with Crippen LogP contribution in [0.5, 0.6) is 0 Å². The van der Waals surface area contributed by atoms with Crippen molar-refractivity contribution >= 4 is 39.1 Å². The minimum atomic E-state index is -3.85. The van der Waals surface area contributed by atoms with Crippen LogP contribution in [0.15, 0.2) is 82.8 Å². The molecule has 0 aromatic heterocycles. The van der Waals surface area contributed by atoms with Crippen LogP contribution < -0.4 is 16.2 Å². The molecule has 4 rings (SSSR count). The minimum absolute atomic E-state index is 0.0137. The second-order valence-electron chi connectivity index (χ2n) is 8.65. The fourth-order valence-electron chi connectivity index (χ4n) is 3.94. The highest BCUT2D eigenvalue weighted by Gasteiger charge is 2.49. The average Bonchev–Trinajstić information content (AvgIpc) is 3.34. The molecule has 11 nitrogen and oxygen atoms in total. The number of nitrogens with two attached hydrogens (primary N) is 2. The number of nitrogens with one attached hydrogen (secondary N) is 2. The van der Waals surface area contributed by atoms with Gasteiger partial charge in [-0.05, 0) is 41.5 Å². The fourth-order valence-corrected chi connectivity index (χ4v) is 4.50. The molecule has 1 amide bonds. The van der Waals surface area contributed by atoms with E-state index < -0.39 is 27.5 Å². The van der Waals surface area contributed by atoms with Crippen molar-refractivity contribution in [1.82, 2.24) is 0 Å². The molecule has 3 aromatic carbocycles. The van der Waals surface area contributed by atoms with Crippen LogP contribution in [0.4, 0.5) is 5.69 Å². The van der Waals surface area contributed by atoms with E-state index in [0.717, 1.165) is 0 Å². The summed E-state index contributed by atoms with van der Waals surface area (Å²) in [6.45, 7) is 0. The number of anilines is 1. The largest absolute Gasteiger partial charge is 0.469 e. The molecule has 1 heterocycles. The first-order valence-corrected chi connectivity index (χ1v) is 12.9. The number of hydrogen-bond acceptors (Lipinski definition) is 8. The van der Waals surface area contributed by atoms with Gasteiger partial charge in [0.05, 0.1) is 24.1 Å². The highest BCUT2D eigenvalue weighted by Crippen LogP contribution is 2.33. The third kappa shape index (κ3) is 5.71. The highest BCUT2D eigenvalue weighted by molar-refractivity contribution is 7.89. The maximum Gasteiger partial charge on any atom is 0.310 e. The molecule has 3 aromatic rings. The summed E-state index contributed by atoms with van der Waals surface area (Å²) in [7, 11) is -2.64. The first-order chi connectivity index (χ1) is 18.0. The van der Waals surface area contributed by atoms with Crippen LogP contribution in [0.1, 0.15) is 24.0 Å². The molecule has 0 saturated carbocycles. The predicted octanol–water partition coefficient (Wildman–Crippen LogP) is 2.35. The number of amidine groups is 1. The van der Waals surface area contributed by atoms with Crippen LogP contribution in [0.25, 0.3) is 11.1 Å². The molecular weight excluding hydrogens is 510 g/mol. The van der Waals surface area contributed by atoms with Gasteiger partial charge in [0.15, 0.2) is 0 Å². The van der Waals surface area contributed by atoms with Crippen LogP contribution in [0, 0.1) is 5.41 Å². The lowest BCUT2D eigenvalue weighted by Gasteiger charge is -2.24. The topological polar surface area (TPSA) is 187 Å². The number of ether oxygens (including phenoxy) is 1. The smallest absolute Gasteiger partial charge is 0.310 e. The standard InChI is InChI=1S/C26H25N5O6S/c1-36-23(32)15-26(14-22(31-37-26)18-5-2-6-19(12-18)24(27)28)25(33)30-20-10-8-16(9-11-20)17-4-3-7-21(13-17)38(29,34)35/h2-13H,14-15H2,1H3,(H3,27,28)(H,30,33)(H2,29,34,35). The van der Waals surface area contributed by atoms with Crippen molar-refractivity contribution in [3.63, 3.8) is 0 Å². The Hall–Kier alpha value is -4.55. The number of methoxy groups -OCH3 is 1. The summed E-state index contributed by atoms with van der Waals surface area (Å²) in [5, 5.41) is 19.7. The van der Waals surface area contributed by atoms with E-state index in [-0.39, 0.29) is 23.6 Å². The van der Waals surface area contributed by atoms with E-state index in [2.05, 4.69) is 10.5 Å². The number of hydrogen-bond donors (Lipinski definition) is 4. The Morgan fingerprint density at radius 2 is 1.74 bits per heavy atom. The number of esters is 1. The Morgan fingerprint density at radius 3 is 2.39 bits per heavy atom. The summed E-state index contributed by atoms with van der Waals surface area (Å²) in [6, 6.07) is 19.6. The van der Waals surface area contributed by atoms with E-state index in [1.54, 1.807) is 60.7 Å². The van der Waals surface area contributed by atoms with Crippen molar-refractivity contribution < 1.29 is 27.6 Å². The molecule has 0 bridgehead atoms. The molecule has 1 atom stereocenters. The number of primary sulfonamides is 1. The second-order valence-corrected chi connectivity index (χ2v) is 10.2. The van der Waals surface area contributed by atoms with Gasteiger partial charge >= 0.3 is 5.97 Å². The first-order valence-electron chi connectivity index (χ1n) is 11.3. The Labute approximate surface area is 219 Å². The monoisotopic (exact) mass is 535 g/mol. The fraction of sp³-hybridized carbons (Fsp3) is 0.154. The summed E-state index contributed by atoms with van der Waals surface area (Å²) < 4.78 is 28.1. The number of oxime groups is 1. The number of rotatable bonds is 8. The number of nitrogens with zero attached hydrogens (tertiary/aromatic N) is 1. The van der Waals surface area contributed by atoms with E-state index >= 15 is 0 Å². The molecule has 0 fully saturated rings. The van der Waals surface area contributed by atoms with Crippen molar-refractivity contribution in [2.75, 3.05) is 12.4 Å². The Balaban J connectivity index is 1.55. The van der Waals surface area contributed by atoms with Gasteiger partial charge in [-0.1, -0.05) is 47.6 Å². The van der Waals surface area contributed by atoms with Gasteiger partial charge in [0.2, 0.25) is 15.6 Å². The quantitative estimate of drug-likeness (QED) is 0.193. The number of benzene rings is 3. The zero-order valence-electron chi connectivity index (χ0n) is 20.3. The van der Waals surface area contributed by atoms with Gasteiger partial charge in [0.1, 0.15) is 5.84 Å². The van der Waals surface area contributed by atoms with Gasteiger partial charge in [-0.3, -0.25) is 15.0 Å². The van der Waals surface area contributed by atoms with E-state index in [1.165, 1.54) is 19.2 Å². The van der Waals surface area contributed by atoms with Crippen molar-refractivity contribution in [3.05, 3.63) is 83.9 Å². The van der Waals surface area contributed by atoms with Gasteiger partial charge in [0, 0.05) is 23.2 Å². The molecule has 0 spiro atoms. The minimum Gasteiger partial charge on any atom is -0.469 e. The molecule has 1 unspecified atom stereocenters. The summed E-state index contributed by atoms with van der Waals surface area (Å²) in [5.74, 6) is -1.38. The van der Waals surface area contributed by atoms with Crippen LogP contribution in [0.3, 0.4) is 0 Å². The van der Waals surface area contributed by atoms with E-state index in [9.17, 15) is 18.0 Å². The summed E-state index contributed by atoms with van der Waals surface area (Å²) in [4.78, 5) is 31.1. The van der Waals surface area contributed by atoms with Gasteiger partial charge in [-0.15, -0.1) is 0 Å². The Bertz CT molecular complexity index is 1550. The highest BCUT2D eigenvalue weighted by atomic mass is 32.2. The number of carbonyl (C=O) groups excluding carboxylic acids is 2. The van der Waals surface area contributed by atoms with Gasteiger partial charge < -0.3 is 20.6 Å². The van der Waals surface area contributed by atoms with E-state index in [4.69, 9.17) is 25.9 Å². The summed E-state index contributed by atoms with van der Waals surface area (Å²) in [6.07, 6.45) is -0.402. The molecule has 196 valence electrons. The molecule has 12 heteroatoms. The third-order valence-corrected chi connectivity index (χ3v) is 6.91. The number of carbonyl (C=O) groups is 2. The second kappa shape index (κ2) is 10.4. The van der Waals surface area contributed by atoms with E-state index in [0.29, 0.717) is 33.7 Å². The SMILES string of the molecule is COC(=O)CC1(C(=O)Nc2ccc(-c3cccc(S(N)(=O)=O)c3)cc2)CC(c2cccc(C(=N)N)c2)=NO1. The van der Waals surface area contributed by atoms with Gasteiger partial charge in [-0.2, -0.15) is 0 Å². The van der Waals surface area contributed by atoms with Crippen LogP contribution >= 0.6 is 0 Å². The van der Waals surface area contributed by atoms with Gasteiger partial charge in [0.25, 0.3) is 5.91 Å². The van der Waals surface area contributed by atoms with E-state index in [1.807, 2.05) is 0 Å². The van der Waals surface area contributed by atoms with Crippen molar-refractivity contribution in [1.29, 1.82) is 5.41 Å². The molecule has 38 heavy (non-hydrogen) atoms. The maximum atomic E-state index is 13.4. The summed E-state index contributed by atoms with van der Waals surface area (Å²) >= 11 is 0. The predicted molar refractivity (Wildman–Crippen MR) is 141 cm³/mol. The first kappa shape index (κ1) is 26.5. The molecule has 1 aliphatic rings. The zero-order valence-corrected chi connectivity index (χ0v) is 21.1. The van der Waals surface area contributed by atoms with Crippen LogP contribution in [-0.4, -0.2) is 44.6 Å². The van der Waals surface area contributed by atoms with Gasteiger partial charge in [-0.25, -0.2) is 13.6 Å². The molecule has 0 saturated heterocycles. The number of sulfonamides is 1. The molecule has 0 radical (unpaired) electrons. The lowest BCUT2D eigenvalue weighted by molar-refractivity contribution is -0.155. The van der Waals surface area contributed by atoms with Crippen molar-refractivity contribution in [2.24, 2.45) is 16.0 Å². The normalized spacial score (nSPS) is 16.7. The Morgan fingerprint density at radius 1 is 1.05 bits per heavy atom. The third-order valence-electron chi connectivity index (χ3n) is 6.00. The molecule has 1 aliphatic heterocycles. The maximum absolute atomic E-state index is 13.4. The molecule has 6 N–H and O–H groups in total. The average molecular weight is 536 g/mol. The zero-order chi connectivity index (χ0) is 27.5.